The molecule has 0 aliphatic rings. The Morgan fingerprint density at radius 3 is 2.70 bits per heavy atom. The maximum Gasteiger partial charge on any atom is 0.0960 e. The average Bonchev–Trinajstić information content (AvgIpc) is 2.48. The Hall–Kier alpha value is -1.07. The van der Waals surface area contributed by atoms with Crippen LogP contribution < -0.4 is 0 Å². The highest BCUT2D eigenvalue weighted by Gasteiger charge is 2.06. The summed E-state index contributed by atoms with van der Waals surface area (Å²) in [6.45, 7) is 0.783. The van der Waals surface area contributed by atoms with E-state index in [1.54, 1.807) is 6.20 Å². The van der Waals surface area contributed by atoms with E-state index in [0.29, 0.717) is 24.0 Å². The number of ether oxygens (including phenoxy) is 1. The lowest BCUT2D eigenvalue weighted by molar-refractivity contribution is 0.0398. The molecule has 2 aromatic rings. The van der Waals surface area contributed by atoms with Gasteiger partial charge in [-0.15, -0.1) is 11.8 Å². The molecule has 1 N–H and O–H groups in total. The summed E-state index contributed by atoms with van der Waals surface area (Å²) >= 11 is 7.32. The molecule has 0 amide bonds. The third-order valence-electron chi connectivity index (χ3n) is 2.55. The van der Waals surface area contributed by atoms with Gasteiger partial charge in [0.2, 0.25) is 0 Å². The highest BCUT2D eigenvalue weighted by atomic mass is 35.5. The van der Waals surface area contributed by atoms with Crippen LogP contribution in [0.3, 0.4) is 0 Å². The zero-order valence-electron chi connectivity index (χ0n) is 10.9. The molecule has 5 heteroatoms. The van der Waals surface area contributed by atoms with Gasteiger partial charge in [0.15, 0.2) is 0 Å². The number of aliphatic hydroxyl groups excluding tert-OH is 1. The first kappa shape index (κ1) is 15.3. The molecule has 0 saturated carbocycles. The number of pyridine rings is 1. The van der Waals surface area contributed by atoms with Crippen LogP contribution in [0.4, 0.5) is 0 Å². The molecule has 0 bridgehead atoms. The maximum absolute atomic E-state index is 9.84. The van der Waals surface area contributed by atoms with Crippen LogP contribution in [0.5, 0.6) is 0 Å². The van der Waals surface area contributed by atoms with E-state index in [0.717, 1.165) is 10.6 Å². The first-order valence-corrected chi connectivity index (χ1v) is 7.64. The minimum absolute atomic E-state index is 0.308. The zero-order valence-corrected chi connectivity index (χ0v) is 12.5. The third kappa shape index (κ3) is 5.51. The number of hydrogen-bond acceptors (Lipinski definition) is 4. The van der Waals surface area contributed by atoms with Gasteiger partial charge in [-0.25, -0.2) is 4.98 Å². The summed E-state index contributed by atoms with van der Waals surface area (Å²) in [5, 5.41) is 11.5. The second-order valence-electron chi connectivity index (χ2n) is 4.27. The number of benzene rings is 1. The van der Waals surface area contributed by atoms with Gasteiger partial charge in [0.05, 0.1) is 24.3 Å². The molecule has 0 aliphatic heterocycles. The quantitative estimate of drug-likeness (QED) is 0.796. The standard InChI is InChI=1S/C15H16ClNO2S/c16-13-6-4-12(5-7-13)9-19-10-14(18)11-20-15-3-1-2-8-17-15/h1-8,14,18H,9-11H2/t14-/m1/s1. The van der Waals surface area contributed by atoms with Crippen molar-refractivity contribution in [1.82, 2.24) is 4.98 Å². The molecule has 0 unspecified atom stereocenters. The predicted molar refractivity (Wildman–Crippen MR) is 82.1 cm³/mol. The van der Waals surface area contributed by atoms with E-state index < -0.39 is 6.10 Å². The molecule has 1 aromatic heterocycles. The molecule has 0 aliphatic carbocycles. The Labute approximate surface area is 128 Å². The van der Waals surface area contributed by atoms with Crippen molar-refractivity contribution in [2.75, 3.05) is 12.4 Å². The molecule has 3 nitrogen and oxygen atoms in total. The molecule has 2 rings (SSSR count). The van der Waals surface area contributed by atoms with Crippen LogP contribution in [0.25, 0.3) is 0 Å². The van der Waals surface area contributed by atoms with Crippen molar-refractivity contribution < 1.29 is 9.84 Å². The molecular weight excluding hydrogens is 294 g/mol. The summed E-state index contributed by atoms with van der Waals surface area (Å²) in [5.41, 5.74) is 1.04. The Kier molecular flexibility index (Phi) is 6.33. The van der Waals surface area contributed by atoms with Crippen molar-refractivity contribution in [3.05, 3.63) is 59.2 Å². The highest BCUT2D eigenvalue weighted by molar-refractivity contribution is 7.99. The van der Waals surface area contributed by atoms with Crippen molar-refractivity contribution >= 4 is 23.4 Å². The van der Waals surface area contributed by atoms with Gasteiger partial charge < -0.3 is 9.84 Å². The zero-order chi connectivity index (χ0) is 14.2. The maximum atomic E-state index is 9.84. The second-order valence-corrected chi connectivity index (χ2v) is 5.75. The number of halogens is 1. The molecule has 1 aromatic carbocycles. The van der Waals surface area contributed by atoms with Crippen molar-refractivity contribution in [3.63, 3.8) is 0 Å². The molecule has 0 saturated heterocycles. The van der Waals surface area contributed by atoms with Gasteiger partial charge in [0, 0.05) is 17.0 Å². The normalized spacial score (nSPS) is 12.3. The predicted octanol–water partition coefficient (Wildman–Crippen LogP) is 3.40. The average molecular weight is 310 g/mol. The van der Waals surface area contributed by atoms with Crippen LogP contribution in [-0.2, 0) is 11.3 Å². The number of thioether (sulfide) groups is 1. The highest BCUT2D eigenvalue weighted by Crippen LogP contribution is 2.15. The van der Waals surface area contributed by atoms with E-state index in [4.69, 9.17) is 16.3 Å². The minimum Gasteiger partial charge on any atom is -0.390 e. The van der Waals surface area contributed by atoms with Crippen LogP contribution in [-0.4, -0.2) is 28.6 Å². The summed E-state index contributed by atoms with van der Waals surface area (Å²) in [4.78, 5) is 4.19. The molecular formula is C15H16ClNO2S. The fraction of sp³-hybridized carbons (Fsp3) is 0.267. The smallest absolute Gasteiger partial charge is 0.0960 e. The van der Waals surface area contributed by atoms with Gasteiger partial charge in [0.25, 0.3) is 0 Å². The van der Waals surface area contributed by atoms with Crippen LogP contribution in [0.2, 0.25) is 5.02 Å². The number of aromatic nitrogens is 1. The fourth-order valence-corrected chi connectivity index (χ4v) is 2.45. The Bertz CT molecular complexity index is 507. The van der Waals surface area contributed by atoms with E-state index in [-0.39, 0.29) is 0 Å². The van der Waals surface area contributed by atoms with E-state index >= 15 is 0 Å². The summed E-state index contributed by atoms with van der Waals surface area (Å²) in [6.07, 6.45) is 1.24. The van der Waals surface area contributed by atoms with E-state index in [2.05, 4.69) is 4.98 Å². The number of hydrogen-bond donors (Lipinski definition) is 1. The summed E-state index contributed by atoms with van der Waals surface area (Å²) in [6, 6.07) is 13.2. The first-order valence-electron chi connectivity index (χ1n) is 6.28. The van der Waals surface area contributed by atoms with Gasteiger partial charge in [-0.2, -0.15) is 0 Å². The van der Waals surface area contributed by atoms with Gasteiger partial charge in [-0.3, -0.25) is 0 Å². The van der Waals surface area contributed by atoms with Crippen molar-refractivity contribution in [1.29, 1.82) is 0 Å². The lowest BCUT2D eigenvalue weighted by Crippen LogP contribution is -2.17. The molecule has 0 radical (unpaired) electrons. The summed E-state index contributed by atoms with van der Waals surface area (Å²) in [7, 11) is 0. The van der Waals surface area contributed by atoms with Gasteiger partial charge in [0.1, 0.15) is 0 Å². The number of nitrogens with zero attached hydrogens (tertiary/aromatic N) is 1. The molecule has 1 atom stereocenters. The van der Waals surface area contributed by atoms with Crippen molar-refractivity contribution in [3.8, 4) is 0 Å². The first-order chi connectivity index (χ1) is 9.74. The Balaban J connectivity index is 1.65. The summed E-state index contributed by atoms with van der Waals surface area (Å²) < 4.78 is 5.48. The Morgan fingerprint density at radius 2 is 2.00 bits per heavy atom. The number of aliphatic hydroxyl groups is 1. The third-order valence-corrected chi connectivity index (χ3v) is 3.89. The lowest BCUT2D eigenvalue weighted by Gasteiger charge is -2.10. The monoisotopic (exact) mass is 309 g/mol. The van der Waals surface area contributed by atoms with Crippen LogP contribution in [0.15, 0.2) is 53.7 Å². The van der Waals surface area contributed by atoms with Crippen LogP contribution in [0.1, 0.15) is 5.56 Å². The van der Waals surface area contributed by atoms with Crippen molar-refractivity contribution in [2.45, 2.75) is 17.7 Å². The number of rotatable bonds is 7. The second kappa shape index (κ2) is 8.27. The Morgan fingerprint density at radius 1 is 1.20 bits per heavy atom. The lowest BCUT2D eigenvalue weighted by atomic mass is 10.2. The van der Waals surface area contributed by atoms with E-state index in [1.807, 2.05) is 42.5 Å². The molecule has 106 valence electrons. The molecule has 0 spiro atoms. The molecule has 1 heterocycles. The largest absolute Gasteiger partial charge is 0.390 e. The fourth-order valence-electron chi connectivity index (χ4n) is 1.56. The topological polar surface area (TPSA) is 42.4 Å². The van der Waals surface area contributed by atoms with E-state index in [1.165, 1.54) is 11.8 Å². The molecule has 20 heavy (non-hydrogen) atoms. The van der Waals surface area contributed by atoms with Crippen LogP contribution >= 0.6 is 23.4 Å². The SMILES string of the molecule is O[C@H](COCc1ccc(Cl)cc1)CSc1ccccn1. The van der Waals surface area contributed by atoms with Crippen molar-refractivity contribution in [2.24, 2.45) is 0 Å². The minimum atomic E-state index is -0.505. The van der Waals surface area contributed by atoms with Gasteiger partial charge >= 0.3 is 0 Å². The van der Waals surface area contributed by atoms with Gasteiger partial charge in [-0.05, 0) is 29.8 Å². The molecule has 0 fully saturated rings. The summed E-state index contributed by atoms with van der Waals surface area (Å²) in [5.74, 6) is 0.567. The van der Waals surface area contributed by atoms with Gasteiger partial charge in [-0.1, -0.05) is 29.8 Å². The van der Waals surface area contributed by atoms with Crippen LogP contribution in [0, 0.1) is 0 Å². The van der Waals surface area contributed by atoms with E-state index in [9.17, 15) is 5.11 Å².